The van der Waals surface area contributed by atoms with Crippen LogP contribution in [0.1, 0.15) is 13.3 Å². The quantitative estimate of drug-likeness (QED) is 0.540. The largest absolute Gasteiger partial charge is 0.355 e. The number of nitrogens with zero attached hydrogens (tertiary/aromatic N) is 1. The first-order valence-electron chi connectivity index (χ1n) is 7.49. The second-order valence-corrected chi connectivity index (χ2v) is 7.30. The van der Waals surface area contributed by atoms with E-state index in [1.54, 1.807) is 0 Å². The molecule has 8 nitrogen and oxygen atoms in total. The van der Waals surface area contributed by atoms with Crippen LogP contribution in [0.15, 0.2) is 29.2 Å². The Morgan fingerprint density at radius 3 is 2.29 bits per heavy atom. The maximum Gasteiger partial charge on any atom is 0.241 e. The first-order chi connectivity index (χ1) is 11.2. The van der Waals surface area contributed by atoms with Crippen molar-refractivity contribution in [3.8, 4) is 0 Å². The Morgan fingerprint density at radius 1 is 1.12 bits per heavy atom. The lowest BCUT2D eigenvalue weighted by Gasteiger charge is -2.11. The molecule has 134 valence electrons. The van der Waals surface area contributed by atoms with Crippen LogP contribution in [0.3, 0.4) is 0 Å². The Balaban J connectivity index is 2.48. The van der Waals surface area contributed by atoms with Crippen molar-refractivity contribution in [1.82, 2.24) is 14.9 Å². The molecule has 9 heteroatoms. The number of amides is 2. The van der Waals surface area contributed by atoms with Gasteiger partial charge >= 0.3 is 0 Å². The van der Waals surface area contributed by atoms with Gasteiger partial charge in [-0.3, -0.25) is 9.59 Å². The van der Waals surface area contributed by atoms with E-state index >= 15 is 0 Å². The normalized spacial score (nSPS) is 11.3. The van der Waals surface area contributed by atoms with Gasteiger partial charge in [-0.25, -0.2) is 13.1 Å². The van der Waals surface area contributed by atoms with Gasteiger partial charge in [-0.05, 0) is 51.3 Å². The molecule has 0 aliphatic rings. The molecule has 0 saturated heterocycles. The van der Waals surface area contributed by atoms with Crippen molar-refractivity contribution in [3.05, 3.63) is 24.3 Å². The van der Waals surface area contributed by atoms with Gasteiger partial charge in [-0.2, -0.15) is 0 Å². The number of hydrogen-bond acceptors (Lipinski definition) is 5. The molecule has 0 aromatic heterocycles. The Labute approximate surface area is 142 Å². The second-order valence-electron chi connectivity index (χ2n) is 5.54. The molecule has 2 amide bonds. The molecule has 0 aliphatic heterocycles. The molecule has 0 bridgehead atoms. The summed E-state index contributed by atoms with van der Waals surface area (Å²) in [6, 6.07) is 5.69. The average Bonchev–Trinajstić information content (AvgIpc) is 2.49. The molecule has 0 aliphatic carbocycles. The van der Waals surface area contributed by atoms with E-state index in [1.165, 1.54) is 31.2 Å². The smallest absolute Gasteiger partial charge is 0.241 e. The summed E-state index contributed by atoms with van der Waals surface area (Å²) in [5, 5.41) is 5.20. The summed E-state index contributed by atoms with van der Waals surface area (Å²) < 4.78 is 26.5. The lowest BCUT2D eigenvalue weighted by atomic mass is 10.3. The molecule has 0 saturated carbocycles. The van der Waals surface area contributed by atoms with Gasteiger partial charge in [0.05, 0.1) is 11.4 Å². The zero-order chi connectivity index (χ0) is 18.2. The van der Waals surface area contributed by atoms with Crippen LogP contribution in [0.2, 0.25) is 0 Å². The third-order valence-electron chi connectivity index (χ3n) is 3.01. The van der Waals surface area contributed by atoms with Gasteiger partial charge in [-0.1, -0.05) is 0 Å². The lowest BCUT2D eigenvalue weighted by Crippen LogP contribution is -2.37. The molecule has 1 aromatic carbocycles. The molecular weight excluding hydrogens is 332 g/mol. The lowest BCUT2D eigenvalue weighted by molar-refractivity contribution is -0.120. The number of benzene rings is 1. The Hall–Kier alpha value is -1.97. The molecule has 0 radical (unpaired) electrons. The van der Waals surface area contributed by atoms with E-state index in [9.17, 15) is 18.0 Å². The van der Waals surface area contributed by atoms with Crippen molar-refractivity contribution >= 4 is 27.5 Å². The number of carbonyl (C=O) groups is 2. The van der Waals surface area contributed by atoms with Crippen molar-refractivity contribution in [2.75, 3.05) is 39.0 Å². The molecule has 0 fully saturated rings. The van der Waals surface area contributed by atoms with E-state index in [1.807, 2.05) is 19.0 Å². The number of rotatable bonds is 9. The predicted octanol–water partition coefficient (Wildman–Crippen LogP) is -0.00880. The molecule has 0 heterocycles. The van der Waals surface area contributed by atoms with E-state index in [0.717, 1.165) is 13.0 Å². The van der Waals surface area contributed by atoms with Gasteiger partial charge in [0.25, 0.3) is 0 Å². The van der Waals surface area contributed by atoms with Crippen LogP contribution in [-0.2, 0) is 19.6 Å². The van der Waals surface area contributed by atoms with Crippen LogP contribution in [0.5, 0.6) is 0 Å². The molecule has 1 rings (SSSR count). The van der Waals surface area contributed by atoms with Gasteiger partial charge in [0, 0.05) is 19.2 Å². The van der Waals surface area contributed by atoms with Crippen molar-refractivity contribution in [3.63, 3.8) is 0 Å². The van der Waals surface area contributed by atoms with E-state index in [0.29, 0.717) is 12.2 Å². The van der Waals surface area contributed by atoms with Crippen molar-refractivity contribution in [2.45, 2.75) is 18.2 Å². The Bertz CT molecular complexity index is 657. The highest BCUT2D eigenvalue weighted by molar-refractivity contribution is 7.89. The number of nitrogens with one attached hydrogen (secondary N) is 3. The van der Waals surface area contributed by atoms with Crippen LogP contribution >= 0.6 is 0 Å². The summed E-state index contributed by atoms with van der Waals surface area (Å²) >= 11 is 0. The van der Waals surface area contributed by atoms with Crippen molar-refractivity contribution in [2.24, 2.45) is 0 Å². The first-order valence-corrected chi connectivity index (χ1v) is 8.98. The van der Waals surface area contributed by atoms with Crippen LogP contribution in [-0.4, -0.2) is 58.9 Å². The van der Waals surface area contributed by atoms with E-state index in [2.05, 4.69) is 15.4 Å². The van der Waals surface area contributed by atoms with Gasteiger partial charge in [0.15, 0.2) is 0 Å². The highest BCUT2D eigenvalue weighted by atomic mass is 32.2. The van der Waals surface area contributed by atoms with E-state index in [-0.39, 0.29) is 23.3 Å². The second kappa shape index (κ2) is 9.36. The fourth-order valence-electron chi connectivity index (χ4n) is 1.85. The molecule has 0 spiro atoms. The third kappa shape index (κ3) is 7.53. The van der Waals surface area contributed by atoms with Gasteiger partial charge in [-0.15, -0.1) is 0 Å². The predicted molar refractivity (Wildman–Crippen MR) is 92.1 cm³/mol. The highest BCUT2D eigenvalue weighted by Gasteiger charge is 2.15. The van der Waals surface area contributed by atoms with Crippen LogP contribution < -0.4 is 15.4 Å². The SMILES string of the molecule is CC(=O)Nc1ccc(S(=O)(=O)NCC(=O)NCCCN(C)C)cc1. The standard InChI is InChI=1S/C15H24N4O4S/c1-12(20)18-13-5-7-14(8-6-13)24(22,23)17-11-15(21)16-9-4-10-19(2)3/h5-8,17H,4,9-11H2,1-3H3,(H,16,21)(H,18,20). The van der Waals surface area contributed by atoms with Crippen molar-refractivity contribution < 1.29 is 18.0 Å². The fourth-order valence-corrected chi connectivity index (χ4v) is 2.83. The summed E-state index contributed by atoms with van der Waals surface area (Å²) in [6.07, 6.45) is 0.788. The minimum atomic E-state index is -3.78. The summed E-state index contributed by atoms with van der Waals surface area (Å²) in [6.45, 7) is 2.37. The molecule has 0 atom stereocenters. The molecule has 0 unspecified atom stereocenters. The number of anilines is 1. The van der Waals surface area contributed by atoms with E-state index in [4.69, 9.17) is 0 Å². The van der Waals surface area contributed by atoms with Gasteiger partial charge in [0.1, 0.15) is 0 Å². The minimum absolute atomic E-state index is 0.0250. The molecule has 3 N–H and O–H groups in total. The molecule has 24 heavy (non-hydrogen) atoms. The summed E-state index contributed by atoms with van der Waals surface area (Å²) in [5.41, 5.74) is 0.500. The Morgan fingerprint density at radius 2 is 1.75 bits per heavy atom. The van der Waals surface area contributed by atoms with Gasteiger partial charge < -0.3 is 15.5 Å². The van der Waals surface area contributed by atoms with Crippen molar-refractivity contribution in [1.29, 1.82) is 0 Å². The summed E-state index contributed by atoms with van der Waals surface area (Å²) in [7, 11) is 0.0989. The van der Waals surface area contributed by atoms with E-state index < -0.39 is 10.0 Å². The summed E-state index contributed by atoms with van der Waals surface area (Å²) in [4.78, 5) is 24.6. The maximum atomic E-state index is 12.1. The number of hydrogen-bond donors (Lipinski definition) is 3. The molecule has 1 aromatic rings. The number of carbonyl (C=O) groups excluding carboxylic acids is 2. The number of sulfonamides is 1. The van der Waals surface area contributed by atoms with Crippen LogP contribution in [0, 0.1) is 0 Å². The van der Waals surface area contributed by atoms with Crippen LogP contribution in [0.4, 0.5) is 5.69 Å². The van der Waals surface area contributed by atoms with Gasteiger partial charge in [0.2, 0.25) is 21.8 Å². The third-order valence-corrected chi connectivity index (χ3v) is 4.43. The first kappa shape index (κ1) is 20.1. The minimum Gasteiger partial charge on any atom is -0.355 e. The average molecular weight is 356 g/mol. The zero-order valence-electron chi connectivity index (χ0n) is 14.1. The summed E-state index contributed by atoms with van der Waals surface area (Å²) in [5.74, 6) is -0.623. The topological polar surface area (TPSA) is 108 Å². The maximum absolute atomic E-state index is 12.1. The monoisotopic (exact) mass is 356 g/mol. The Kier molecular flexibility index (Phi) is 7.83. The molecular formula is C15H24N4O4S. The highest BCUT2D eigenvalue weighted by Crippen LogP contribution is 2.13. The van der Waals surface area contributed by atoms with Crippen LogP contribution in [0.25, 0.3) is 0 Å². The fraction of sp³-hybridized carbons (Fsp3) is 0.467. The zero-order valence-corrected chi connectivity index (χ0v) is 14.9.